The van der Waals surface area contributed by atoms with Crippen molar-refractivity contribution in [1.82, 2.24) is 0 Å². The Labute approximate surface area is 188 Å². The van der Waals surface area contributed by atoms with Crippen LogP contribution in [-0.4, -0.2) is 108 Å². The molecular formula is C14H21KO9S. The van der Waals surface area contributed by atoms with E-state index in [0.29, 0.717) is 0 Å². The van der Waals surface area contributed by atoms with Gasteiger partial charge in [0.15, 0.2) is 0 Å². The fourth-order valence-electron chi connectivity index (χ4n) is 1.32. The standard InChI is InChI=1S/C14H20O9S.K.H/c1-4-11(15)22-9-14(3,10-23-12(16)5-2)13(17)21-7-6-8-24(18,19)20;;/h4-5H,1-2,6-10H2,3H3,(H,18,19,20);;. The number of rotatable bonds is 11. The van der Waals surface area contributed by atoms with Crippen LogP contribution in [0.3, 0.4) is 0 Å². The summed E-state index contributed by atoms with van der Waals surface area (Å²) in [5, 5.41) is 0. The number of hydrogen-bond donors (Lipinski definition) is 1. The topological polar surface area (TPSA) is 133 Å². The van der Waals surface area contributed by atoms with Crippen LogP contribution in [0.1, 0.15) is 13.3 Å². The first-order valence-electron chi connectivity index (χ1n) is 6.75. The van der Waals surface area contributed by atoms with Gasteiger partial charge in [-0.3, -0.25) is 9.35 Å². The Bertz CT molecular complexity index is 573. The molecule has 0 rings (SSSR count). The molecule has 0 aliphatic heterocycles. The molecule has 11 heteroatoms. The van der Waals surface area contributed by atoms with E-state index in [2.05, 4.69) is 13.2 Å². The third-order valence-corrected chi connectivity index (χ3v) is 3.48. The summed E-state index contributed by atoms with van der Waals surface area (Å²) in [5.41, 5.74) is -1.50. The van der Waals surface area contributed by atoms with E-state index in [-0.39, 0.29) is 64.4 Å². The molecule has 0 unspecified atom stereocenters. The Kier molecular flexibility index (Phi) is 13.6. The molecule has 0 aliphatic carbocycles. The molecule has 0 saturated heterocycles. The molecule has 0 saturated carbocycles. The second-order valence-electron chi connectivity index (χ2n) is 4.96. The van der Waals surface area contributed by atoms with Gasteiger partial charge in [0.05, 0.1) is 12.4 Å². The molecule has 0 aromatic carbocycles. The molecule has 0 bridgehead atoms. The third-order valence-electron chi connectivity index (χ3n) is 2.67. The van der Waals surface area contributed by atoms with Gasteiger partial charge in [-0.25, -0.2) is 9.59 Å². The fourth-order valence-corrected chi connectivity index (χ4v) is 1.80. The molecule has 0 aliphatic rings. The zero-order chi connectivity index (χ0) is 18.8. The van der Waals surface area contributed by atoms with Crippen molar-refractivity contribution in [2.24, 2.45) is 5.41 Å². The summed E-state index contributed by atoms with van der Waals surface area (Å²) in [7, 11) is -4.16. The van der Waals surface area contributed by atoms with Crippen LogP contribution < -0.4 is 0 Å². The molecule has 0 spiro atoms. The van der Waals surface area contributed by atoms with Gasteiger partial charge in [0.2, 0.25) is 0 Å². The molecule has 0 amide bonds. The van der Waals surface area contributed by atoms with Crippen LogP contribution in [0.5, 0.6) is 0 Å². The Morgan fingerprint density at radius 2 is 1.48 bits per heavy atom. The molecule has 138 valence electrons. The molecule has 0 fully saturated rings. The zero-order valence-electron chi connectivity index (χ0n) is 13.2. The van der Waals surface area contributed by atoms with E-state index in [0.717, 1.165) is 12.2 Å². The van der Waals surface area contributed by atoms with Gasteiger partial charge in [-0.2, -0.15) is 8.42 Å². The second-order valence-corrected chi connectivity index (χ2v) is 6.53. The summed E-state index contributed by atoms with van der Waals surface area (Å²) in [4.78, 5) is 34.4. The first-order chi connectivity index (χ1) is 11.0. The fraction of sp³-hybridized carbons (Fsp3) is 0.500. The molecular weight excluding hydrogens is 383 g/mol. The van der Waals surface area contributed by atoms with Gasteiger partial charge in [0.25, 0.3) is 10.1 Å². The van der Waals surface area contributed by atoms with Gasteiger partial charge in [0.1, 0.15) is 18.6 Å². The average Bonchev–Trinajstić information content (AvgIpc) is 2.52. The van der Waals surface area contributed by atoms with Crippen LogP contribution in [-0.2, 0) is 38.7 Å². The van der Waals surface area contributed by atoms with E-state index < -0.39 is 52.4 Å². The van der Waals surface area contributed by atoms with Crippen molar-refractivity contribution < 1.29 is 41.6 Å². The van der Waals surface area contributed by atoms with Crippen LogP contribution in [0, 0.1) is 5.41 Å². The molecule has 9 nitrogen and oxygen atoms in total. The number of esters is 3. The predicted molar refractivity (Wildman–Crippen MR) is 89.6 cm³/mol. The Morgan fingerprint density at radius 1 is 1.04 bits per heavy atom. The number of carbonyl (C=O) groups excluding carboxylic acids is 3. The van der Waals surface area contributed by atoms with Gasteiger partial charge < -0.3 is 14.2 Å². The van der Waals surface area contributed by atoms with Crippen LogP contribution in [0.4, 0.5) is 0 Å². The molecule has 0 atom stereocenters. The second kappa shape index (κ2) is 12.7. The van der Waals surface area contributed by atoms with E-state index in [1.54, 1.807) is 0 Å². The van der Waals surface area contributed by atoms with Crippen LogP contribution in [0.25, 0.3) is 0 Å². The van der Waals surface area contributed by atoms with E-state index in [1.807, 2.05) is 0 Å². The van der Waals surface area contributed by atoms with Crippen molar-refractivity contribution in [3.8, 4) is 0 Å². The van der Waals surface area contributed by atoms with Gasteiger partial charge >= 0.3 is 69.3 Å². The molecule has 25 heavy (non-hydrogen) atoms. The van der Waals surface area contributed by atoms with Crippen molar-refractivity contribution >= 4 is 79.4 Å². The Hall–Kier alpha value is -0.564. The first-order valence-corrected chi connectivity index (χ1v) is 8.36. The summed E-state index contributed by atoms with van der Waals surface area (Å²) in [5.74, 6) is -3.01. The van der Waals surface area contributed by atoms with Crippen LogP contribution in [0.15, 0.2) is 25.3 Å². The maximum atomic E-state index is 12.1. The molecule has 0 heterocycles. The summed E-state index contributed by atoms with van der Waals surface area (Å²) in [6, 6.07) is 0. The SMILES string of the molecule is C=CC(=O)OCC(C)(COC(=O)C=C)C(=O)OCCCS(=O)(=O)O.[KH]. The van der Waals surface area contributed by atoms with E-state index in [9.17, 15) is 22.8 Å². The van der Waals surface area contributed by atoms with Gasteiger partial charge in [-0.15, -0.1) is 0 Å². The maximum absolute atomic E-state index is 12.1. The average molecular weight is 404 g/mol. The molecule has 1 N–H and O–H groups in total. The number of hydrogen-bond acceptors (Lipinski definition) is 8. The van der Waals surface area contributed by atoms with Gasteiger partial charge in [-0.1, -0.05) is 13.2 Å². The van der Waals surface area contributed by atoms with Crippen LogP contribution >= 0.6 is 0 Å². The van der Waals surface area contributed by atoms with Crippen LogP contribution in [0.2, 0.25) is 0 Å². The number of carbonyl (C=O) groups is 3. The summed E-state index contributed by atoms with van der Waals surface area (Å²) in [6.45, 7) is 6.57. The third kappa shape index (κ3) is 12.4. The number of ether oxygens (including phenoxy) is 3. The van der Waals surface area contributed by atoms with Crippen molar-refractivity contribution in [1.29, 1.82) is 0 Å². The van der Waals surface area contributed by atoms with Gasteiger partial charge in [-0.05, 0) is 13.3 Å². The zero-order valence-corrected chi connectivity index (χ0v) is 14.0. The van der Waals surface area contributed by atoms with Crippen molar-refractivity contribution in [2.75, 3.05) is 25.6 Å². The summed E-state index contributed by atoms with van der Waals surface area (Å²) in [6.07, 6.45) is 1.67. The first kappa shape index (κ1) is 26.7. The predicted octanol–water partition coefficient (Wildman–Crippen LogP) is -0.376. The monoisotopic (exact) mass is 404 g/mol. The normalized spacial score (nSPS) is 10.8. The van der Waals surface area contributed by atoms with Crippen molar-refractivity contribution in [3.05, 3.63) is 25.3 Å². The minimum absolute atomic E-state index is 0. The summed E-state index contributed by atoms with van der Waals surface area (Å²) >= 11 is 0. The van der Waals surface area contributed by atoms with Crippen molar-refractivity contribution in [3.63, 3.8) is 0 Å². The quantitative estimate of drug-likeness (QED) is 0.122. The molecule has 0 radical (unpaired) electrons. The molecule has 0 aromatic rings. The van der Waals surface area contributed by atoms with E-state index in [4.69, 9.17) is 18.8 Å². The van der Waals surface area contributed by atoms with Gasteiger partial charge in [0, 0.05) is 12.2 Å². The summed E-state index contributed by atoms with van der Waals surface area (Å²) < 4.78 is 44.2. The van der Waals surface area contributed by atoms with E-state index >= 15 is 0 Å². The Morgan fingerprint density at radius 3 is 1.84 bits per heavy atom. The molecule has 0 aromatic heterocycles. The Balaban J connectivity index is 0. The van der Waals surface area contributed by atoms with Crippen molar-refractivity contribution in [2.45, 2.75) is 13.3 Å². The van der Waals surface area contributed by atoms with E-state index in [1.165, 1.54) is 6.92 Å². The minimum atomic E-state index is -4.16.